The number of aliphatic hydroxyl groups is 1. The standard InChI is InChI=1S/C30H34FN3O4S/c1-21-8-9-23(16-22(21)2)19-32-34-30(37)27-18-26(38-14-4-3-12-31)10-11-28(27)33-29(36)25-7-5-6-24(17-25)20-39-15-13-35/h5-11,16-19,35H,3-4,12-15,20H2,1-2H3,(H,33,36)(H,34,37)/b32-19+. The van der Waals surface area contributed by atoms with Crippen LogP contribution in [0.2, 0.25) is 0 Å². The zero-order valence-electron chi connectivity index (χ0n) is 22.2. The number of rotatable bonds is 14. The highest BCUT2D eigenvalue weighted by Crippen LogP contribution is 2.24. The fourth-order valence-corrected chi connectivity index (χ4v) is 4.31. The SMILES string of the molecule is Cc1ccc(/C=N/NC(=O)c2cc(OCCCCF)ccc2NC(=O)c2cccc(CSCCO)c2)cc1C. The van der Waals surface area contributed by atoms with Gasteiger partial charge in [0.05, 0.1) is 37.4 Å². The van der Waals surface area contributed by atoms with Crippen molar-refractivity contribution >= 4 is 35.5 Å². The number of hydrogen-bond donors (Lipinski definition) is 3. The van der Waals surface area contributed by atoms with Gasteiger partial charge in [0.25, 0.3) is 11.8 Å². The van der Waals surface area contributed by atoms with Gasteiger partial charge in [-0.1, -0.05) is 30.3 Å². The molecule has 7 nitrogen and oxygen atoms in total. The van der Waals surface area contributed by atoms with Crippen molar-refractivity contribution in [1.82, 2.24) is 5.43 Å². The van der Waals surface area contributed by atoms with Crippen LogP contribution in [0.1, 0.15) is 55.8 Å². The van der Waals surface area contributed by atoms with Gasteiger partial charge in [0.2, 0.25) is 0 Å². The van der Waals surface area contributed by atoms with Crippen LogP contribution in [0, 0.1) is 13.8 Å². The molecular formula is C30H34FN3O4S. The number of alkyl halides is 1. The predicted octanol–water partition coefficient (Wildman–Crippen LogP) is 5.67. The van der Waals surface area contributed by atoms with Gasteiger partial charge in [0.15, 0.2) is 0 Å². The molecule has 0 aliphatic carbocycles. The zero-order chi connectivity index (χ0) is 28.0. The third-order valence-electron chi connectivity index (χ3n) is 5.88. The number of nitrogens with zero attached hydrogens (tertiary/aromatic N) is 1. The molecule has 3 rings (SSSR count). The molecule has 0 saturated carbocycles. The number of aliphatic hydroxyl groups excluding tert-OH is 1. The third kappa shape index (κ3) is 9.53. The number of ether oxygens (including phenoxy) is 1. The van der Waals surface area contributed by atoms with E-state index in [9.17, 15) is 14.0 Å². The van der Waals surface area contributed by atoms with Gasteiger partial charge in [-0.3, -0.25) is 14.0 Å². The molecule has 0 heterocycles. The Balaban J connectivity index is 1.78. The number of nitrogens with one attached hydrogen (secondary N) is 2. The molecule has 0 spiro atoms. The number of amides is 2. The van der Waals surface area contributed by atoms with Gasteiger partial charge < -0.3 is 15.2 Å². The summed E-state index contributed by atoms with van der Waals surface area (Å²) in [7, 11) is 0. The van der Waals surface area contributed by atoms with E-state index in [4.69, 9.17) is 9.84 Å². The van der Waals surface area contributed by atoms with Crippen molar-refractivity contribution in [2.45, 2.75) is 32.4 Å². The smallest absolute Gasteiger partial charge is 0.273 e. The maximum Gasteiger partial charge on any atom is 0.273 e. The molecule has 2 amide bonds. The number of halogens is 1. The molecule has 0 saturated heterocycles. The second-order valence-electron chi connectivity index (χ2n) is 8.93. The number of hydrogen-bond acceptors (Lipinski definition) is 6. The second-order valence-corrected chi connectivity index (χ2v) is 10.0. The molecule has 0 bridgehead atoms. The van der Waals surface area contributed by atoms with Crippen molar-refractivity contribution in [2.75, 3.05) is 31.0 Å². The number of aryl methyl sites for hydroxylation is 2. The Labute approximate surface area is 232 Å². The van der Waals surface area contributed by atoms with Crippen molar-refractivity contribution < 1.29 is 23.8 Å². The molecule has 0 aliphatic heterocycles. The summed E-state index contributed by atoms with van der Waals surface area (Å²) in [6, 6.07) is 17.9. The Morgan fingerprint density at radius 1 is 1.03 bits per heavy atom. The Morgan fingerprint density at radius 2 is 1.87 bits per heavy atom. The van der Waals surface area contributed by atoms with E-state index in [0.717, 1.165) is 22.3 Å². The third-order valence-corrected chi connectivity index (χ3v) is 6.89. The second kappa shape index (κ2) is 15.7. The number of thioether (sulfide) groups is 1. The molecule has 0 fully saturated rings. The molecule has 9 heteroatoms. The molecule has 39 heavy (non-hydrogen) atoms. The minimum absolute atomic E-state index is 0.0972. The summed E-state index contributed by atoms with van der Waals surface area (Å²) in [6.07, 6.45) is 2.50. The fraction of sp³-hybridized carbons (Fsp3) is 0.300. The van der Waals surface area contributed by atoms with Crippen LogP contribution in [0.3, 0.4) is 0 Å². The maximum atomic E-state index is 13.1. The minimum Gasteiger partial charge on any atom is -0.494 e. The van der Waals surface area contributed by atoms with E-state index in [2.05, 4.69) is 15.8 Å². The summed E-state index contributed by atoms with van der Waals surface area (Å²) >= 11 is 1.57. The lowest BCUT2D eigenvalue weighted by molar-refractivity contribution is 0.0955. The van der Waals surface area contributed by atoms with Gasteiger partial charge in [-0.15, -0.1) is 0 Å². The lowest BCUT2D eigenvalue weighted by Crippen LogP contribution is -2.21. The largest absolute Gasteiger partial charge is 0.494 e. The number of carbonyl (C=O) groups excluding carboxylic acids is 2. The van der Waals surface area contributed by atoms with Crippen LogP contribution >= 0.6 is 11.8 Å². The minimum atomic E-state index is -0.520. The monoisotopic (exact) mass is 551 g/mol. The lowest BCUT2D eigenvalue weighted by atomic mass is 10.1. The Morgan fingerprint density at radius 3 is 2.64 bits per heavy atom. The van der Waals surface area contributed by atoms with E-state index in [1.165, 1.54) is 6.07 Å². The zero-order valence-corrected chi connectivity index (χ0v) is 23.0. The summed E-state index contributed by atoms with van der Waals surface area (Å²) in [6.45, 7) is 4.01. The van der Waals surface area contributed by atoms with Crippen LogP contribution in [-0.4, -0.2) is 48.8 Å². The molecule has 3 aromatic rings. The van der Waals surface area contributed by atoms with Gasteiger partial charge in [-0.25, -0.2) is 5.43 Å². The maximum absolute atomic E-state index is 13.1. The quantitative estimate of drug-likeness (QED) is 0.136. The fourth-order valence-electron chi connectivity index (χ4n) is 3.62. The number of carbonyl (C=O) groups is 2. The summed E-state index contributed by atoms with van der Waals surface area (Å²) in [5.74, 6) is 0.825. The van der Waals surface area contributed by atoms with Crippen molar-refractivity contribution in [1.29, 1.82) is 0 Å². The number of hydrazone groups is 1. The van der Waals surface area contributed by atoms with Crippen molar-refractivity contribution in [2.24, 2.45) is 5.10 Å². The Hall–Kier alpha value is -3.69. The van der Waals surface area contributed by atoms with Crippen LogP contribution in [0.4, 0.5) is 10.1 Å². The first-order valence-electron chi connectivity index (χ1n) is 12.7. The van der Waals surface area contributed by atoms with E-state index in [1.54, 1.807) is 48.3 Å². The van der Waals surface area contributed by atoms with Crippen LogP contribution in [0.25, 0.3) is 0 Å². The van der Waals surface area contributed by atoms with E-state index in [1.807, 2.05) is 38.1 Å². The topological polar surface area (TPSA) is 100 Å². The van der Waals surface area contributed by atoms with Crippen LogP contribution in [0.15, 0.2) is 65.8 Å². The molecule has 0 aliphatic rings. The van der Waals surface area contributed by atoms with E-state index >= 15 is 0 Å². The van der Waals surface area contributed by atoms with E-state index < -0.39 is 12.6 Å². The molecule has 0 aromatic heterocycles. The van der Waals surface area contributed by atoms with Crippen LogP contribution in [0.5, 0.6) is 5.75 Å². The molecule has 0 unspecified atom stereocenters. The predicted molar refractivity (Wildman–Crippen MR) is 156 cm³/mol. The normalized spacial score (nSPS) is 11.0. The number of unbranched alkanes of at least 4 members (excludes halogenated alkanes) is 1. The highest BCUT2D eigenvalue weighted by molar-refractivity contribution is 7.98. The average Bonchev–Trinajstić information content (AvgIpc) is 2.94. The van der Waals surface area contributed by atoms with Crippen molar-refractivity contribution in [3.05, 3.63) is 94.0 Å². The molecular weight excluding hydrogens is 517 g/mol. The molecule has 3 N–H and O–H groups in total. The van der Waals surface area contributed by atoms with Gasteiger partial charge in [0, 0.05) is 17.1 Å². The first-order chi connectivity index (χ1) is 18.9. The van der Waals surface area contributed by atoms with Gasteiger partial charge in [0.1, 0.15) is 5.75 Å². The van der Waals surface area contributed by atoms with Crippen molar-refractivity contribution in [3.63, 3.8) is 0 Å². The van der Waals surface area contributed by atoms with Crippen molar-refractivity contribution in [3.8, 4) is 5.75 Å². The Bertz CT molecular complexity index is 1300. The van der Waals surface area contributed by atoms with Gasteiger partial charge in [-0.2, -0.15) is 16.9 Å². The van der Waals surface area contributed by atoms with Crippen LogP contribution < -0.4 is 15.5 Å². The highest BCUT2D eigenvalue weighted by Gasteiger charge is 2.16. The highest BCUT2D eigenvalue weighted by atomic mass is 32.2. The number of benzene rings is 3. The van der Waals surface area contributed by atoms with E-state index in [0.29, 0.717) is 48.0 Å². The van der Waals surface area contributed by atoms with Crippen LogP contribution in [-0.2, 0) is 5.75 Å². The summed E-state index contributed by atoms with van der Waals surface area (Å²) < 4.78 is 18.1. The first-order valence-corrected chi connectivity index (χ1v) is 13.9. The van der Waals surface area contributed by atoms with E-state index in [-0.39, 0.29) is 18.1 Å². The van der Waals surface area contributed by atoms with Gasteiger partial charge >= 0.3 is 0 Å². The summed E-state index contributed by atoms with van der Waals surface area (Å²) in [4.78, 5) is 26.2. The van der Waals surface area contributed by atoms with Gasteiger partial charge in [-0.05, 0) is 79.3 Å². The molecule has 3 aromatic carbocycles. The molecule has 0 radical (unpaired) electrons. The average molecular weight is 552 g/mol. The molecule has 206 valence electrons. The number of anilines is 1. The lowest BCUT2D eigenvalue weighted by Gasteiger charge is -2.13. The molecule has 0 atom stereocenters. The Kier molecular flexibility index (Phi) is 12.0. The summed E-state index contributed by atoms with van der Waals surface area (Å²) in [5, 5.41) is 15.9. The summed E-state index contributed by atoms with van der Waals surface area (Å²) in [5.41, 5.74) is 7.53. The first kappa shape index (κ1) is 29.9.